The lowest BCUT2D eigenvalue weighted by molar-refractivity contribution is 0.140. The second kappa shape index (κ2) is 4.25. The molecule has 0 aliphatic carbocycles. The van der Waals surface area contributed by atoms with Gasteiger partial charge in [0.1, 0.15) is 0 Å². The van der Waals surface area contributed by atoms with E-state index in [1.54, 1.807) is 0 Å². The average Bonchev–Trinajstić information content (AvgIpc) is 2.13. The zero-order valence-corrected chi connectivity index (χ0v) is 6.69. The van der Waals surface area contributed by atoms with Crippen LogP contribution in [-0.4, -0.2) is 6.61 Å². The highest BCUT2D eigenvalue weighted by atomic mass is 19.2. The lowest BCUT2D eigenvalue weighted by Gasteiger charge is -2.02. The number of nitrogens with two attached hydrogens (primary N) is 1. The van der Waals surface area contributed by atoms with Crippen molar-refractivity contribution in [3.8, 4) is 0 Å². The second-order valence-electron chi connectivity index (χ2n) is 2.46. The van der Waals surface area contributed by atoms with Gasteiger partial charge in [0.25, 0.3) is 0 Å². The van der Waals surface area contributed by atoms with Gasteiger partial charge < -0.3 is 4.84 Å². The fourth-order valence-electron chi connectivity index (χ4n) is 0.928. The maximum absolute atomic E-state index is 12.9. The van der Waals surface area contributed by atoms with Crippen molar-refractivity contribution in [3.63, 3.8) is 0 Å². The molecular formula is C8H8F3NO. The molecule has 0 aliphatic rings. The summed E-state index contributed by atoms with van der Waals surface area (Å²) in [5.41, 5.74) is 0.0457. The van der Waals surface area contributed by atoms with Crippen molar-refractivity contribution in [2.45, 2.75) is 6.42 Å². The lowest BCUT2D eigenvalue weighted by atomic mass is 10.1. The van der Waals surface area contributed by atoms with Crippen LogP contribution in [0.4, 0.5) is 13.2 Å². The van der Waals surface area contributed by atoms with E-state index in [1.807, 2.05) is 0 Å². The Morgan fingerprint density at radius 1 is 1.15 bits per heavy atom. The first-order valence-electron chi connectivity index (χ1n) is 3.61. The molecule has 0 atom stereocenters. The van der Waals surface area contributed by atoms with Gasteiger partial charge in [0.05, 0.1) is 6.61 Å². The van der Waals surface area contributed by atoms with E-state index >= 15 is 0 Å². The highest BCUT2D eigenvalue weighted by Crippen LogP contribution is 2.15. The molecule has 0 saturated carbocycles. The third-order valence-electron chi connectivity index (χ3n) is 1.60. The maximum Gasteiger partial charge on any atom is 0.194 e. The summed E-state index contributed by atoms with van der Waals surface area (Å²) in [6.07, 6.45) is 0.111. The zero-order chi connectivity index (χ0) is 9.84. The predicted molar refractivity (Wildman–Crippen MR) is 40.2 cm³/mol. The molecule has 0 fully saturated rings. The van der Waals surface area contributed by atoms with Crippen LogP contribution in [0, 0.1) is 17.5 Å². The molecule has 5 heteroatoms. The number of hydrogen-bond acceptors (Lipinski definition) is 2. The molecule has 0 saturated heterocycles. The summed E-state index contributed by atoms with van der Waals surface area (Å²) in [6.45, 7) is 0.0575. The fourth-order valence-corrected chi connectivity index (χ4v) is 0.928. The number of benzene rings is 1. The molecule has 0 spiro atoms. The molecule has 0 amide bonds. The maximum atomic E-state index is 12.9. The van der Waals surface area contributed by atoms with Crippen molar-refractivity contribution in [1.29, 1.82) is 0 Å². The van der Waals surface area contributed by atoms with E-state index in [0.29, 0.717) is 0 Å². The van der Waals surface area contributed by atoms with Crippen molar-refractivity contribution >= 4 is 0 Å². The Morgan fingerprint density at radius 3 is 2.46 bits per heavy atom. The van der Waals surface area contributed by atoms with Crippen molar-refractivity contribution in [1.82, 2.24) is 0 Å². The van der Waals surface area contributed by atoms with Crippen LogP contribution in [-0.2, 0) is 11.3 Å². The zero-order valence-electron chi connectivity index (χ0n) is 6.69. The Balaban J connectivity index is 2.90. The fraction of sp³-hybridized carbons (Fsp3) is 0.250. The van der Waals surface area contributed by atoms with Gasteiger partial charge in [0.2, 0.25) is 0 Å². The predicted octanol–water partition coefficient (Wildman–Crippen LogP) is 1.54. The van der Waals surface area contributed by atoms with Crippen LogP contribution in [0.5, 0.6) is 0 Å². The summed E-state index contributed by atoms with van der Waals surface area (Å²) in [5.74, 6) is 0.858. The lowest BCUT2D eigenvalue weighted by Crippen LogP contribution is -2.06. The van der Waals surface area contributed by atoms with Gasteiger partial charge in [0.15, 0.2) is 17.5 Å². The molecule has 0 unspecified atom stereocenters. The molecule has 13 heavy (non-hydrogen) atoms. The van der Waals surface area contributed by atoms with E-state index in [-0.39, 0.29) is 18.6 Å². The molecular weight excluding hydrogens is 183 g/mol. The minimum atomic E-state index is -1.46. The summed E-state index contributed by atoms with van der Waals surface area (Å²) in [7, 11) is 0. The van der Waals surface area contributed by atoms with Crippen LogP contribution in [0.1, 0.15) is 5.56 Å². The first-order chi connectivity index (χ1) is 6.16. The second-order valence-corrected chi connectivity index (χ2v) is 2.46. The Bertz CT molecular complexity index is 304. The highest BCUT2D eigenvalue weighted by Gasteiger charge is 2.12. The summed E-state index contributed by atoms with van der Waals surface area (Å²) in [6, 6.07) is 2.02. The molecule has 0 bridgehead atoms. The standard InChI is InChI=1S/C8H8F3NO/c9-6-2-1-5(3-4-13-12)7(10)8(6)11/h1-2H,3-4,12H2. The van der Waals surface area contributed by atoms with E-state index < -0.39 is 17.5 Å². The number of hydrogen-bond donors (Lipinski definition) is 1. The van der Waals surface area contributed by atoms with Crippen LogP contribution < -0.4 is 5.90 Å². The average molecular weight is 191 g/mol. The van der Waals surface area contributed by atoms with Gasteiger partial charge in [-0.2, -0.15) is 0 Å². The Hall–Kier alpha value is -1.07. The smallest absolute Gasteiger partial charge is 0.194 e. The van der Waals surface area contributed by atoms with Crippen molar-refractivity contribution in [2.24, 2.45) is 5.90 Å². The normalized spacial score (nSPS) is 10.5. The SMILES string of the molecule is NOCCc1ccc(F)c(F)c1F. The molecule has 72 valence electrons. The summed E-state index contributed by atoms with van der Waals surface area (Å²) in [5, 5.41) is 0. The Morgan fingerprint density at radius 2 is 1.85 bits per heavy atom. The van der Waals surface area contributed by atoms with Gasteiger partial charge in [-0.15, -0.1) is 0 Å². The molecule has 0 heterocycles. The van der Waals surface area contributed by atoms with E-state index in [1.165, 1.54) is 0 Å². The largest absolute Gasteiger partial charge is 0.304 e. The molecule has 1 rings (SSSR count). The molecule has 0 aliphatic heterocycles. The molecule has 2 N–H and O–H groups in total. The Kier molecular flexibility index (Phi) is 3.27. The van der Waals surface area contributed by atoms with Crippen LogP contribution in [0.2, 0.25) is 0 Å². The van der Waals surface area contributed by atoms with Gasteiger partial charge in [-0.1, -0.05) is 6.07 Å². The van der Waals surface area contributed by atoms with Gasteiger partial charge in [-0.05, 0) is 11.6 Å². The molecule has 2 nitrogen and oxygen atoms in total. The quantitative estimate of drug-likeness (QED) is 0.581. The van der Waals surface area contributed by atoms with Gasteiger partial charge in [0, 0.05) is 6.42 Å². The summed E-state index contributed by atoms with van der Waals surface area (Å²) >= 11 is 0. The summed E-state index contributed by atoms with van der Waals surface area (Å²) < 4.78 is 37.9. The van der Waals surface area contributed by atoms with Crippen LogP contribution in [0.25, 0.3) is 0 Å². The molecule has 1 aromatic rings. The van der Waals surface area contributed by atoms with Crippen LogP contribution in [0.15, 0.2) is 12.1 Å². The van der Waals surface area contributed by atoms with Crippen LogP contribution >= 0.6 is 0 Å². The van der Waals surface area contributed by atoms with E-state index in [2.05, 4.69) is 4.84 Å². The van der Waals surface area contributed by atoms with E-state index in [9.17, 15) is 13.2 Å². The van der Waals surface area contributed by atoms with Crippen molar-refractivity contribution < 1.29 is 18.0 Å². The third-order valence-corrected chi connectivity index (χ3v) is 1.60. The van der Waals surface area contributed by atoms with E-state index in [4.69, 9.17) is 5.90 Å². The Labute approximate surface area is 73.1 Å². The van der Waals surface area contributed by atoms with Gasteiger partial charge in [-0.3, -0.25) is 0 Å². The minimum Gasteiger partial charge on any atom is -0.304 e. The van der Waals surface area contributed by atoms with Crippen LogP contribution in [0.3, 0.4) is 0 Å². The third kappa shape index (κ3) is 2.19. The highest BCUT2D eigenvalue weighted by molar-refractivity contribution is 5.20. The first-order valence-corrected chi connectivity index (χ1v) is 3.61. The first kappa shape index (κ1) is 10.0. The molecule has 0 radical (unpaired) electrons. The van der Waals surface area contributed by atoms with Gasteiger partial charge >= 0.3 is 0 Å². The summed E-state index contributed by atoms with van der Waals surface area (Å²) in [4.78, 5) is 4.19. The van der Waals surface area contributed by atoms with Crippen molar-refractivity contribution in [2.75, 3.05) is 6.61 Å². The molecule has 1 aromatic carbocycles. The van der Waals surface area contributed by atoms with Crippen molar-refractivity contribution in [3.05, 3.63) is 35.1 Å². The monoisotopic (exact) mass is 191 g/mol. The van der Waals surface area contributed by atoms with Gasteiger partial charge in [-0.25, -0.2) is 19.1 Å². The molecule has 0 aromatic heterocycles. The number of halogens is 3. The topological polar surface area (TPSA) is 35.2 Å². The minimum absolute atomic E-state index is 0.0457. The van der Waals surface area contributed by atoms with E-state index in [0.717, 1.165) is 12.1 Å². The number of rotatable bonds is 3.